The Kier molecular flexibility index (Phi) is 2.02. The summed E-state index contributed by atoms with van der Waals surface area (Å²) in [6.45, 7) is 1.23. The van der Waals surface area contributed by atoms with Crippen molar-refractivity contribution in [3.05, 3.63) is 0 Å². The second kappa shape index (κ2) is 2.94. The number of halogens is 1. The molecule has 0 aliphatic carbocycles. The molecule has 2 aliphatic rings. The van der Waals surface area contributed by atoms with Crippen LogP contribution in [0.5, 0.6) is 0 Å². The van der Waals surface area contributed by atoms with Crippen LogP contribution >= 0.6 is 0 Å². The van der Waals surface area contributed by atoms with Crippen LogP contribution < -0.4 is 0 Å². The predicted octanol–water partition coefficient (Wildman–Crippen LogP) is 0.736. The normalized spacial score (nSPS) is 39.1. The molecule has 0 saturated carbocycles. The summed E-state index contributed by atoms with van der Waals surface area (Å²) >= 11 is 0. The van der Waals surface area contributed by atoms with Gasteiger partial charge in [0.25, 0.3) is 0 Å². The van der Waals surface area contributed by atoms with Gasteiger partial charge in [-0.15, -0.1) is 0 Å². The third-order valence-electron chi connectivity index (χ3n) is 3.17. The van der Waals surface area contributed by atoms with Crippen LogP contribution in [0.25, 0.3) is 0 Å². The number of carbonyl (C=O) groups excluding carboxylic acids is 1. The quantitative estimate of drug-likeness (QED) is 0.567. The molecule has 13 heavy (non-hydrogen) atoms. The van der Waals surface area contributed by atoms with Crippen molar-refractivity contribution in [3.8, 4) is 0 Å². The minimum atomic E-state index is -0.862. The third-order valence-corrected chi connectivity index (χ3v) is 3.17. The number of methoxy groups -OCH3 is 1. The number of hydrogen-bond donors (Lipinski definition) is 0. The van der Waals surface area contributed by atoms with Gasteiger partial charge in [-0.1, -0.05) is 0 Å². The van der Waals surface area contributed by atoms with Crippen LogP contribution in [0.4, 0.5) is 4.39 Å². The van der Waals surface area contributed by atoms with E-state index in [0.717, 1.165) is 19.4 Å². The van der Waals surface area contributed by atoms with Crippen molar-refractivity contribution in [2.24, 2.45) is 0 Å². The van der Waals surface area contributed by atoms with Crippen LogP contribution in [0, 0.1) is 0 Å². The fraction of sp³-hybridized carbons (Fsp3) is 0.889. The summed E-state index contributed by atoms with van der Waals surface area (Å²) in [4.78, 5) is 13.5. The fourth-order valence-electron chi connectivity index (χ4n) is 2.61. The summed E-state index contributed by atoms with van der Waals surface area (Å²) in [5.74, 6) is -0.259. The molecule has 3 nitrogen and oxygen atoms in total. The molecule has 2 fully saturated rings. The number of hydrogen-bond acceptors (Lipinski definition) is 3. The lowest BCUT2D eigenvalue weighted by Crippen LogP contribution is -2.46. The first-order valence-electron chi connectivity index (χ1n) is 4.66. The molecular weight excluding hydrogens is 173 g/mol. The van der Waals surface area contributed by atoms with E-state index in [1.807, 2.05) is 4.90 Å². The van der Waals surface area contributed by atoms with E-state index in [-0.39, 0.29) is 5.97 Å². The Bertz CT molecular complexity index is 234. The molecule has 0 bridgehead atoms. The monoisotopic (exact) mass is 187 g/mol. The maximum Gasteiger partial charge on any atom is 0.326 e. The van der Waals surface area contributed by atoms with Gasteiger partial charge in [-0.3, -0.25) is 9.69 Å². The summed E-state index contributed by atoms with van der Waals surface area (Å²) in [6.07, 6.45) is 1.18. The van der Waals surface area contributed by atoms with Crippen molar-refractivity contribution in [3.63, 3.8) is 0 Å². The highest BCUT2D eigenvalue weighted by atomic mass is 19.1. The number of rotatable bonds is 1. The van der Waals surface area contributed by atoms with E-state index in [2.05, 4.69) is 0 Å². The van der Waals surface area contributed by atoms with Crippen molar-refractivity contribution < 1.29 is 13.9 Å². The van der Waals surface area contributed by atoms with Gasteiger partial charge in [0.15, 0.2) is 0 Å². The molecule has 2 saturated heterocycles. The summed E-state index contributed by atoms with van der Waals surface area (Å²) in [5.41, 5.74) is -0.617. The number of carbonyl (C=O) groups is 1. The Morgan fingerprint density at radius 1 is 1.69 bits per heavy atom. The molecule has 0 N–H and O–H groups in total. The average molecular weight is 187 g/mol. The standard InChI is InChI=1S/C9H14FNO2/c1-13-8(12)9-3-2-4-11(9)6-7(10)5-9/h7H,2-6H2,1H3/t7-,9-/m0/s1. The summed E-state index contributed by atoms with van der Waals surface area (Å²) in [6, 6.07) is 0. The Labute approximate surface area is 76.8 Å². The van der Waals surface area contributed by atoms with Crippen LogP contribution in [0.3, 0.4) is 0 Å². The Hall–Kier alpha value is -0.640. The second-order valence-electron chi connectivity index (χ2n) is 3.87. The van der Waals surface area contributed by atoms with E-state index in [0.29, 0.717) is 13.0 Å². The van der Waals surface area contributed by atoms with Gasteiger partial charge in [0.2, 0.25) is 0 Å². The van der Waals surface area contributed by atoms with Crippen molar-refractivity contribution in [1.29, 1.82) is 0 Å². The van der Waals surface area contributed by atoms with Gasteiger partial charge in [0.1, 0.15) is 11.7 Å². The van der Waals surface area contributed by atoms with Gasteiger partial charge in [-0.05, 0) is 19.4 Å². The first-order chi connectivity index (χ1) is 6.19. The average Bonchev–Trinajstić information content (AvgIpc) is 2.59. The predicted molar refractivity (Wildman–Crippen MR) is 45.1 cm³/mol. The highest BCUT2D eigenvalue weighted by Gasteiger charge is 2.54. The molecule has 0 aromatic rings. The number of esters is 1. The molecule has 2 atom stereocenters. The third kappa shape index (κ3) is 1.15. The Morgan fingerprint density at radius 2 is 2.46 bits per heavy atom. The maximum absolute atomic E-state index is 13.1. The molecule has 74 valence electrons. The maximum atomic E-state index is 13.1. The zero-order valence-electron chi connectivity index (χ0n) is 7.75. The molecule has 0 unspecified atom stereocenters. The van der Waals surface area contributed by atoms with Crippen molar-refractivity contribution in [2.75, 3.05) is 20.2 Å². The lowest BCUT2D eigenvalue weighted by Gasteiger charge is -2.27. The zero-order chi connectivity index (χ0) is 9.47. The minimum Gasteiger partial charge on any atom is -0.468 e. The van der Waals surface area contributed by atoms with Gasteiger partial charge >= 0.3 is 5.97 Å². The molecule has 4 heteroatoms. The first-order valence-corrected chi connectivity index (χ1v) is 4.66. The SMILES string of the molecule is COC(=O)[C@@]12CCCN1C[C@@H](F)C2. The summed E-state index contributed by atoms with van der Waals surface area (Å²) < 4.78 is 17.9. The van der Waals surface area contributed by atoms with E-state index in [1.54, 1.807) is 0 Å². The largest absolute Gasteiger partial charge is 0.468 e. The van der Waals surface area contributed by atoms with Crippen LogP contribution in [-0.2, 0) is 9.53 Å². The molecule has 0 aromatic heterocycles. The minimum absolute atomic E-state index is 0.259. The summed E-state index contributed by atoms with van der Waals surface area (Å²) in [5, 5.41) is 0. The fourth-order valence-corrected chi connectivity index (χ4v) is 2.61. The lowest BCUT2D eigenvalue weighted by atomic mass is 9.94. The first kappa shape index (κ1) is 8.94. The van der Waals surface area contributed by atoms with Crippen LogP contribution in [0.2, 0.25) is 0 Å². The number of ether oxygens (including phenoxy) is 1. The molecular formula is C9H14FNO2. The van der Waals surface area contributed by atoms with Crippen molar-refractivity contribution in [2.45, 2.75) is 31.0 Å². The van der Waals surface area contributed by atoms with Crippen LogP contribution in [-0.4, -0.2) is 42.8 Å². The van der Waals surface area contributed by atoms with E-state index < -0.39 is 11.7 Å². The van der Waals surface area contributed by atoms with Crippen LogP contribution in [0.1, 0.15) is 19.3 Å². The van der Waals surface area contributed by atoms with Crippen molar-refractivity contribution in [1.82, 2.24) is 4.90 Å². The van der Waals surface area contributed by atoms with Gasteiger partial charge in [-0.25, -0.2) is 4.39 Å². The molecule has 0 radical (unpaired) electrons. The lowest BCUT2D eigenvalue weighted by molar-refractivity contribution is -0.151. The number of nitrogens with zero attached hydrogens (tertiary/aromatic N) is 1. The highest BCUT2D eigenvalue weighted by Crippen LogP contribution is 2.40. The zero-order valence-corrected chi connectivity index (χ0v) is 7.75. The van der Waals surface area contributed by atoms with Gasteiger partial charge in [-0.2, -0.15) is 0 Å². The van der Waals surface area contributed by atoms with E-state index in [9.17, 15) is 9.18 Å². The molecule has 0 amide bonds. The molecule has 2 heterocycles. The van der Waals surface area contributed by atoms with Gasteiger partial charge in [0.05, 0.1) is 7.11 Å². The smallest absolute Gasteiger partial charge is 0.326 e. The Morgan fingerprint density at radius 3 is 3.15 bits per heavy atom. The number of fused-ring (bicyclic) bond motifs is 1. The van der Waals surface area contributed by atoms with E-state index >= 15 is 0 Å². The van der Waals surface area contributed by atoms with E-state index in [1.165, 1.54) is 7.11 Å². The van der Waals surface area contributed by atoms with E-state index in [4.69, 9.17) is 4.74 Å². The molecule has 2 rings (SSSR count). The number of alkyl halides is 1. The topological polar surface area (TPSA) is 29.5 Å². The van der Waals surface area contributed by atoms with Crippen molar-refractivity contribution >= 4 is 5.97 Å². The molecule has 0 aromatic carbocycles. The van der Waals surface area contributed by atoms with Gasteiger partial charge < -0.3 is 4.74 Å². The molecule has 2 aliphatic heterocycles. The van der Waals surface area contributed by atoms with Crippen LogP contribution in [0.15, 0.2) is 0 Å². The highest BCUT2D eigenvalue weighted by molar-refractivity contribution is 5.81. The van der Waals surface area contributed by atoms with Gasteiger partial charge in [0, 0.05) is 13.0 Å². The Balaban J connectivity index is 2.23. The second-order valence-corrected chi connectivity index (χ2v) is 3.87. The molecule has 0 spiro atoms. The summed E-state index contributed by atoms with van der Waals surface area (Å²) in [7, 11) is 1.37.